The number of hydrogen-bond acceptors (Lipinski definition) is 2. The minimum Gasteiger partial charge on any atom is -0.496 e. The summed E-state index contributed by atoms with van der Waals surface area (Å²) in [6.45, 7) is 4.80. The van der Waals surface area contributed by atoms with E-state index in [0.717, 1.165) is 27.6 Å². The zero-order valence-corrected chi connectivity index (χ0v) is 12.2. The molecule has 2 aromatic carbocycles. The normalized spacial score (nSPS) is 10.3. The number of halogens is 1. The van der Waals surface area contributed by atoms with Gasteiger partial charge in [-0.25, -0.2) is 0 Å². The van der Waals surface area contributed by atoms with Gasteiger partial charge in [0, 0.05) is 22.8 Å². The summed E-state index contributed by atoms with van der Waals surface area (Å²) in [4.78, 5) is 0. The molecular weight excluding hydrogens is 258 g/mol. The summed E-state index contributed by atoms with van der Waals surface area (Å²) in [5, 5.41) is 4.19. The molecule has 0 bridgehead atoms. The van der Waals surface area contributed by atoms with Crippen molar-refractivity contribution in [3.05, 3.63) is 58.1 Å². The van der Waals surface area contributed by atoms with Crippen LogP contribution in [0.4, 0.5) is 5.69 Å². The van der Waals surface area contributed by atoms with Gasteiger partial charge in [-0.15, -0.1) is 0 Å². The van der Waals surface area contributed by atoms with Crippen molar-refractivity contribution in [2.24, 2.45) is 0 Å². The molecule has 1 N–H and O–H groups in total. The Morgan fingerprint density at radius 2 is 1.95 bits per heavy atom. The molecule has 0 heterocycles. The van der Waals surface area contributed by atoms with Gasteiger partial charge in [-0.05, 0) is 37.6 Å². The first-order chi connectivity index (χ1) is 9.11. The summed E-state index contributed by atoms with van der Waals surface area (Å²) in [6.07, 6.45) is 0. The van der Waals surface area contributed by atoms with Gasteiger partial charge in [0.05, 0.1) is 7.11 Å². The molecule has 0 atom stereocenters. The lowest BCUT2D eigenvalue weighted by atomic mass is 10.1. The first-order valence-electron chi connectivity index (χ1n) is 6.24. The summed E-state index contributed by atoms with van der Waals surface area (Å²) in [5.41, 5.74) is 4.48. The number of nitrogens with one attached hydrogen (secondary N) is 1. The fourth-order valence-corrected chi connectivity index (χ4v) is 2.21. The van der Waals surface area contributed by atoms with Crippen LogP contribution in [-0.4, -0.2) is 7.11 Å². The quantitative estimate of drug-likeness (QED) is 0.882. The van der Waals surface area contributed by atoms with Crippen molar-refractivity contribution >= 4 is 17.3 Å². The lowest BCUT2D eigenvalue weighted by Gasteiger charge is -2.13. The molecule has 100 valence electrons. The van der Waals surface area contributed by atoms with Crippen LogP contribution in [0.5, 0.6) is 5.75 Å². The maximum Gasteiger partial charge on any atom is 0.123 e. The molecule has 0 amide bonds. The van der Waals surface area contributed by atoms with E-state index in [0.29, 0.717) is 6.54 Å². The maximum absolute atomic E-state index is 6.11. The average Bonchev–Trinajstić information content (AvgIpc) is 2.40. The van der Waals surface area contributed by atoms with Crippen LogP contribution in [-0.2, 0) is 6.54 Å². The molecule has 0 aromatic heterocycles. The van der Waals surface area contributed by atoms with Crippen LogP contribution in [0.2, 0.25) is 5.02 Å². The fourth-order valence-electron chi connectivity index (χ4n) is 2.03. The maximum atomic E-state index is 6.11. The van der Waals surface area contributed by atoms with Crippen molar-refractivity contribution < 1.29 is 4.74 Å². The Kier molecular flexibility index (Phi) is 4.33. The van der Waals surface area contributed by atoms with E-state index in [9.17, 15) is 0 Å². The third-order valence-corrected chi connectivity index (χ3v) is 3.58. The summed E-state index contributed by atoms with van der Waals surface area (Å²) in [7, 11) is 1.69. The van der Waals surface area contributed by atoms with Crippen molar-refractivity contribution in [2.75, 3.05) is 12.4 Å². The first-order valence-corrected chi connectivity index (χ1v) is 6.62. The number of benzene rings is 2. The Balaban J connectivity index is 2.18. The SMILES string of the molecule is COc1ccc(C)cc1CNc1cccc(Cl)c1C. The van der Waals surface area contributed by atoms with E-state index in [1.165, 1.54) is 5.56 Å². The van der Waals surface area contributed by atoms with Crippen molar-refractivity contribution in [3.63, 3.8) is 0 Å². The van der Waals surface area contributed by atoms with Crippen LogP contribution in [0.25, 0.3) is 0 Å². The van der Waals surface area contributed by atoms with Gasteiger partial charge in [0.1, 0.15) is 5.75 Å². The minimum atomic E-state index is 0.714. The topological polar surface area (TPSA) is 21.3 Å². The number of rotatable bonds is 4. The molecule has 0 saturated heterocycles. The fraction of sp³-hybridized carbons (Fsp3) is 0.250. The molecule has 2 aromatic rings. The standard InChI is InChI=1S/C16H18ClNO/c1-11-7-8-16(19-3)13(9-11)10-18-15-6-4-5-14(17)12(15)2/h4-9,18H,10H2,1-3H3. The van der Waals surface area contributed by atoms with E-state index in [4.69, 9.17) is 16.3 Å². The highest BCUT2D eigenvalue weighted by Crippen LogP contribution is 2.25. The molecule has 0 aliphatic rings. The summed E-state index contributed by atoms with van der Waals surface area (Å²) in [5.74, 6) is 0.901. The van der Waals surface area contributed by atoms with E-state index >= 15 is 0 Å². The Morgan fingerprint density at radius 3 is 2.68 bits per heavy atom. The van der Waals surface area contributed by atoms with Crippen LogP contribution < -0.4 is 10.1 Å². The lowest BCUT2D eigenvalue weighted by molar-refractivity contribution is 0.410. The predicted molar refractivity (Wildman–Crippen MR) is 81.2 cm³/mol. The summed E-state index contributed by atoms with van der Waals surface area (Å²) in [6, 6.07) is 12.1. The van der Waals surface area contributed by atoms with Gasteiger partial charge in [-0.2, -0.15) is 0 Å². The molecule has 0 radical (unpaired) electrons. The summed E-state index contributed by atoms with van der Waals surface area (Å²) >= 11 is 6.11. The van der Waals surface area contributed by atoms with Crippen molar-refractivity contribution in [3.8, 4) is 5.75 Å². The molecular formula is C16H18ClNO. The Morgan fingerprint density at radius 1 is 1.16 bits per heavy atom. The van der Waals surface area contributed by atoms with Gasteiger partial charge in [-0.3, -0.25) is 0 Å². The molecule has 0 saturated carbocycles. The Bertz CT molecular complexity index is 581. The number of aryl methyl sites for hydroxylation is 1. The van der Waals surface area contributed by atoms with E-state index in [2.05, 4.69) is 18.3 Å². The van der Waals surface area contributed by atoms with Crippen LogP contribution in [0.15, 0.2) is 36.4 Å². The van der Waals surface area contributed by atoms with Gasteiger partial charge < -0.3 is 10.1 Å². The van der Waals surface area contributed by atoms with Crippen LogP contribution in [0, 0.1) is 13.8 Å². The van der Waals surface area contributed by atoms with Crippen molar-refractivity contribution in [2.45, 2.75) is 20.4 Å². The van der Waals surface area contributed by atoms with E-state index < -0.39 is 0 Å². The second kappa shape index (κ2) is 5.98. The van der Waals surface area contributed by atoms with E-state index in [1.807, 2.05) is 37.3 Å². The van der Waals surface area contributed by atoms with Crippen molar-refractivity contribution in [1.29, 1.82) is 0 Å². The largest absolute Gasteiger partial charge is 0.496 e. The predicted octanol–water partition coefficient (Wildman–Crippen LogP) is 4.58. The molecule has 0 aliphatic carbocycles. The molecule has 2 nitrogen and oxygen atoms in total. The van der Waals surface area contributed by atoms with Gasteiger partial charge in [0.25, 0.3) is 0 Å². The van der Waals surface area contributed by atoms with E-state index in [1.54, 1.807) is 7.11 Å². The van der Waals surface area contributed by atoms with Crippen LogP contribution in [0.1, 0.15) is 16.7 Å². The zero-order chi connectivity index (χ0) is 13.8. The second-order valence-electron chi connectivity index (χ2n) is 4.58. The molecule has 0 unspecified atom stereocenters. The Hall–Kier alpha value is -1.67. The van der Waals surface area contributed by atoms with Crippen LogP contribution >= 0.6 is 11.6 Å². The zero-order valence-electron chi connectivity index (χ0n) is 11.5. The highest BCUT2D eigenvalue weighted by atomic mass is 35.5. The summed E-state index contributed by atoms with van der Waals surface area (Å²) < 4.78 is 5.38. The molecule has 19 heavy (non-hydrogen) atoms. The molecule has 0 fully saturated rings. The third kappa shape index (κ3) is 3.21. The van der Waals surface area contributed by atoms with Crippen LogP contribution in [0.3, 0.4) is 0 Å². The Labute approximate surface area is 119 Å². The monoisotopic (exact) mass is 275 g/mol. The number of ether oxygens (including phenoxy) is 1. The average molecular weight is 276 g/mol. The highest BCUT2D eigenvalue weighted by Gasteiger charge is 2.05. The minimum absolute atomic E-state index is 0.714. The molecule has 2 rings (SSSR count). The molecule has 0 spiro atoms. The number of anilines is 1. The van der Waals surface area contributed by atoms with Gasteiger partial charge in [0.2, 0.25) is 0 Å². The smallest absolute Gasteiger partial charge is 0.123 e. The third-order valence-electron chi connectivity index (χ3n) is 3.17. The lowest BCUT2D eigenvalue weighted by Crippen LogP contribution is -2.03. The number of methoxy groups -OCH3 is 1. The highest BCUT2D eigenvalue weighted by molar-refractivity contribution is 6.31. The molecule has 3 heteroatoms. The first kappa shape index (κ1) is 13.8. The second-order valence-corrected chi connectivity index (χ2v) is 4.99. The van der Waals surface area contributed by atoms with Gasteiger partial charge >= 0.3 is 0 Å². The number of hydrogen-bond donors (Lipinski definition) is 1. The van der Waals surface area contributed by atoms with Crippen molar-refractivity contribution in [1.82, 2.24) is 0 Å². The van der Waals surface area contributed by atoms with Gasteiger partial charge in [-0.1, -0.05) is 35.4 Å². The van der Waals surface area contributed by atoms with E-state index in [-0.39, 0.29) is 0 Å². The van der Waals surface area contributed by atoms with Gasteiger partial charge in [0.15, 0.2) is 0 Å². The molecule has 0 aliphatic heterocycles.